The van der Waals surface area contributed by atoms with Crippen molar-refractivity contribution in [1.82, 2.24) is 9.55 Å². The van der Waals surface area contributed by atoms with Crippen LogP contribution in [-0.4, -0.2) is 22.1 Å². The number of nitrogens with zero attached hydrogens (tertiary/aromatic N) is 2. The molecule has 0 spiro atoms. The lowest BCUT2D eigenvalue weighted by molar-refractivity contribution is -0.116. The first-order valence-electron chi connectivity index (χ1n) is 9.90. The minimum atomic E-state index is -0.387. The Morgan fingerprint density at radius 1 is 1.22 bits per heavy atom. The molecule has 8 heteroatoms. The number of ether oxygens (including phenoxy) is 1. The van der Waals surface area contributed by atoms with E-state index in [0.29, 0.717) is 33.1 Å². The van der Waals surface area contributed by atoms with Crippen LogP contribution in [0.3, 0.4) is 0 Å². The van der Waals surface area contributed by atoms with Gasteiger partial charge in [-0.2, -0.15) is 4.98 Å². The Bertz CT molecular complexity index is 1250. The molecule has 1 aliphatic rings. The van der Waals surface area contributed by atoms with E-state index in [2.05, 4.69) is 16.2 Å². The van der Waals surface area contributed by atoms with Gasteiger partial charge in [0.15, 0.2) is 5.16 Å². The quantitative estimate of drug-likeness (QED) is 0.335. The fourth-order valence-electron chi connectivity index (χ4n) is 3.60. The molecule has 4 rings (SSSR count). The molecule has 0 aliphatic carbocycles. The van der Waals surface area contributed by atoms with Gasteiger partial charge in [0.05, 0.1) is 5.56 Å². The summed E-state index contributed by atoms with van der Waals surface area (Å²) in [6, 6.07) is 14.8. The van der Waals surface area contributed by atoms with Gasteiger partial charge in [-0.25, -0.2) is 0 Å². The highest BCUT2D eigenvalue weighted by Gasteiger charge is 2.32. The summed E-state index contributed by atoms with van der Waals surface area (Å²) in [5, 5.41) is 4.06. The minimum absolute atomic E-state index is 0.148. The number of nitrogens with one attached hydrogen (secondary N) is 1. The predicted molar refractivity (Wildman–Crippen MR) is 126 cm³/mol. The van der Waals surface area contributed by atoms with Gasteiger partial charge >= 0.3 is 0 Å². The number of carbonyl (C=O) groups is 1. The second kappa shape index (κ2) is 9.51. The zero-order valence-electron chi connectivity index (χ0n) is 17.3. The first kappa shape index (κ1) is 22.0. The third-order valence-corrected chi connectivity index (χ3v) is 6.54. The second-order valence-electron chi connectivity index (χ2n) is 7.30. The zero-order chi connectivity index (χ0) is 22.7. The largest absolute Gasteiger partial charge is 0.481 e. The number of fused-ring (bicyclic) bond motifs is 1. The van der Waals surface area contributed by atoms with Crippen molar-refractivity contribution in [2.45, 2.75) is 23.2 Å². The van der Waals surface area contributed by atoms with Crippen LogP contribution in [0.4, 0.5) is 5.82 Å². The number of hydrogen-bond acceptors (Lipinski definition) is 5. The summed E-state index contributed by atoms with van der Waals surface area (Å²) in [4.78, 5) is 29.9. The molecule has 1 amide bonds. The molecule has 0 radical (unpaired) electrons. The van der Waals surface area contributed by atoms with Gasteiger partial charge in [-0.05, 0) is 35.4 Å². The number of hydrogen-bond donors (Lipinski definition) is 1. The normalized spacial score (nSPS) is 14.9. The maximum absolute atomic E-state index is 13.0. The Kier molecular flexibility index (Phi) is 6.54. The molecule has 1 N–H and O–H groups in total. The van der Waals surface area contributed by atoms with Crippen LogP contribution in [0.1, 0.15) is 29.0 Å². The van der Waals surface area contributed by atoms with Gasteiger partial charge < -0.3 is 14.6 Å². The predicted octanol–water partition coefficient (Wildman–Crippen LogP) is 4.21. The van der Waals surface area contributed by atoms with Crippen molar-refractivity contribution >= 4 is 35.1 Å². The monoisotopic (exact) mass is 465 g/mol. The molecule has 1 aromatic heterocycles. The highest BCUT2D eigenvalue weighted by atomic mass is 35.5. The van der Waals surface area contributed by atoms with Gasteiger partial charge in [0.1, 0.15) is 18.2 Å². The van der Waals surface area contributed by atoms with Crippen molar-refractivity contribution in [2.75, 3.05) is 11.9 Å². The van der Waals surface area contributed by atoms with Crippen molar-refractivity contribution < 1.29 is 9.53 Å². The van der Waals surface area contributed by atoms with E-state index in [-0.39, 0.29) is 30.4 Å². The number of amides is 1. The number of carbonyl (C=O) groups excluding carboxylic acids is 1. The summed E-state index contributed by atoms with van der Waals surface area (Å²) in [5.74, 6) is 3.62. The standard InChI is InChI=1S/C24H20ClN3O3S/c1-3-12-31-18-10-6-16(7-11-18)19-13-20(29)26-22-21(19)23(30)27-24(28(22)2)32-14-15-4-8-17(25)9-5-15/h1,4-11,19H,12-14H2,2H3,(H,26,29). The molecule has 2 aromatic carbocycles. The van der Waals surface area contributed by atoms with Crippen LogP contribution in [-0.2, 0) is 17.6 Å². The van der Waals surface area contributed by atoms with Crippen molar-refractivity contribution in [3.63, 3.8) is 0 Å². The van der Waals surface area contributed by atoms with Crippen LogP contribution < -0.4 is 15.6 Å². The molecule has 1 unspecified atom stereocenters. The van der Waals surface area contributed by atoms with Crippen molar-refractivity contribution in [2.24, 2.45) is 7.05 Å². The lowest BCUT2D eigenvalue weighted by Gasteiger charge is -2.27. The topological polar surface area (TPSA) is 73.2 Å². The van der Waals surface area contributed by atoms with Crippen molar-refractivity contribution in [1.29, 1.82) is 0 Å². The number of anilines is 1. The molecule has 6 nitrogen and oxygen atoms in total. The van der Waals surface area contributed by atoms with Gasteiger partial charge in [0.25, 0.3) is 5.56 Å². The summed E-state index contributed by atoms with van der Waals surface area (Å²) in [5.41, 5.74) is 2.05. The Balaban J connectivity index is 1.64. The average Bonchev–Trinajstić information content (AvgIpc) is 2.80. The zero-order valence-corrected chi connectivity index (χ0v) is 18.9. The summed E-state index contributed by atoms with van der Waals surface area (Å²) < 4.78 is 7.18. The summed E-state index contributed by atoms with van der Waals surface area (Å²) in [6.07, 6.45) is 5.40. The SMILES string of the molecule is C#CCOc1ccc(C2CC(=O)Nc3c2c(=O)nc(SCc2ccc(Cl)cc2)n3C)cc1. The second-order valence-corrected chi connectivity index (χ2v) is 8.68. The smallest absolute Gasteiger partial charge is 0.279 e. The highest BCUT2D eigenvalue weighted by molar-refractivity contribution is 7.98. The van der Waals surface area contributed by atoms with Gasteiger partial charge in [-0.15, -0.1) is 6.42 Å². The summed E-state index contributed by atoms with van der Waals surface area (Å²) in [7, 11) is 1.80. The molecule has 3 aromatic rings. The van der Waals surface area contributed by atoms with E-state index < -0.39 is 0 Å². The van der Waals surface area contributed by atoms with Crippen LogP contribution in [0, 0.1) is 12.3 Å². The maximum Gasteiger partial charge on any atom is 0.279 e. The molecular formula is C24H20ClN3O3S. The number of aromatic nitrogens is 2. The first-order chi connectivity index (χ1) is 15.5. The maximum atomic E-state index is 13.0. The third kappa shape index (κ3) is 4.67. The Morgan fingerprint density at radius 2 is 1.94 bits per heavy atom. The molecule has 0 saturated heterocycles. The van der Waals surface area contributed by atoms with E-state index in [0.717, 1.165) is 11.1 Å². The van der Waals surface area contributed by atoms with E-state index >= 15 is 0 Å². The third-order valence-electron chi connectivity index (χ3n) is 5.19. The van der Waals surface area contributed by atoms with Crippen LogP contribution in [0.2, 0.25) is 5.02 Å². The van der Waals surface area contributed by atoms with Crippen LogP contribution in [0.25, 0.3) is 0 Å². The van der Waals surface area contributed by atoms with Crippen molar-refractivity contribution in [3.05, 3.63) is 80.6 Å². The Morgan fingerprint density at radius 3 is 2.62 bits per heavy atom. The van der Waals surface area contributed by atoms with E-state index in [1.54, 1.807) is 23.7 Å². The molecule has 0 bridgehead atoms. The van der Waals surface area contributed by atoms with Gasteiger partial charge in [-0.1, -0.05) is 53.5 Å². The fourth-order valence-corrected chi connectivity index (χ4v) is 4.65. The summed E-state index contributed by atoms with van der Waals surface area (Å²) >= 11 is 7.37. The lowest BCUT2D eigenvalue weighted by Crippen LogP contribution is -2.33. The van der Waals surface area contributed by atoms with Gasteiger partial charge in [0.2, 0.25) is 5.91 Å². The summed E-state index contributed by atoms with van der Waals surface area (Å²) in [6.45, 7) is 0.176. The van der Waals surface area contributed by atoms with Crippen LogP contribution in [0.15, 0.2) is 58.5 Å². The molecule has 32 heavy (non-hydrogen) atoms. The fraction of sp³-hybridized carbons (Fsp3) is 0.208. The Labute approximate surface area is 195 Å². The lowest BCUT2D eigenvalue weighted by atomic mass is 9.87. The first-order valence-corrected chi connectivity index (χ1v) is 11.3. The number of terminal acetylenes is 1. The molecule has 162 valence electrons. The van der Waals surface area contributed by atoms with E-state index in [9.17, 15) is 9.59 Å². The van der Waals surface area contributed by atoms with Gasteiger partial charge in [-0.3, -0.25) is 9.59 Å². The van der Waals surface area contributed by atoms with E-state index in [1.165, 1.54) is 11.8 Å². The molecule has 0 fully saturated rings. The van der Waals surface area contributed by atoms with Crippen LogP contribution in [0.5, 0.6) is 5.75 Å². The number of benzene rings is 2. The molecular weight excluding hydrogens is 446 g/mol. The van der Waals surface area contributed by atoms with E-state index in [1.807, 2.05) is 36.4 Å². The molecule has 0 saturated carbocycles. The molecule has 1 atom stereocenters. The number of thioether (sulfide) groups is 1. The molecule has 2 heterocycles. The molecule has 1 aliphatic heterocycles. The van der Waals surface area contributed by atoms with Crippen molar-refractivity contribution in [3.8, 4) is 18.1 Å². The number of rotatable bonds is 6. The number of halogens is 1. The average molecular weight is 466 g/mol. The van der Waals surface area contributed by atoms with E-state index in [4.69, 9.17) is 22.8 Å². The highest BCUT2D eigenvalue weighted by Crippen LogP contribution is 2.36. The Hall–Kier alpha value is -3.21. The van der Waals surface area contributed by atoms with Crippen LogP contribution >= 0.6 is 23.4 Å². The van der Waals surface area contributed by atoms with Gasteiger partial charge in [0, 0.05) is 30.2 Å². The minimum Gasteiger partial charge on any atom is -0.481 e.